The number of piperidine rings is 1. The summed E-state index contributed by atoms with van der Waals surface area (Å²) in [6, 6.07) is 7.06. The number of hydrogen-bond acceptors (Lipinski definition) is 8. The molecule has 1 unspecified atom stereocenters. The van der Waals surface area contributed by atoms with Crippen LogP contribution < -0.4 is 9.64 Å². The highest BCUT2D eigenvalue weighted by molar-refractivity contribution is 5.99. The Morgan fingerprint density at radius 2 is 1.88 bits per heavy atom. The number of benzene rings is 1. The lowest BCUT2D eigenvalue weighted by atomic mass is 9.77. The van der Waals surface area contributed by atoms with Gasteiger partial charge in [-0.05, 0) is 62.5 Å². The fourth-order valence-electron chi connectivity index (χ4n) is 5.30. The predicted octanol–water partition coefficient (Wildman–Crippen LogP) is 2.02. The van der Waals surface area contributed by atoms with Crippen molar-refractivity contribution in [1.82, 2.24) is 15.1 Å². The maximum atomic E-state index is 13.3. The zero-order chi connectivity index (χ0) is 23.2. The fraction of sp³-hybridized carbons (Fsp3) is 0.500. The standard InChI is InChI=1S/C24H28N4O5/c1-15-16(3-4-17-18(15)14-33-22(17)30)19(29)13-27-10-7-24(8-11-27)9-12-28(23(24)31)20-5-6-21(32-2)26-25-20/h3-6,19,29H,7-14H2,1-2H3. The fourth-order valence-corrected chi connectivity index (χ4v) is 5.30. The van der Waals surface area contributed by atoms with Gasteiger partial charge >= 0.3 is 5.97 Å². The molecule has 1 amide bonds. The minimum atomic E-state index is -0.662. The number of anilines is 1. The molecule has 0 radical (unpaired) electrons. The van der Waals surface area contributed by atoms with Crippen LogP contribution in [0.5, 0.6) is 5.88 Å². The van der Waals surface area contributed by atoms with Gasteiger partial charge in [-0.15, -0.1) is 10.2 Å². The topological polar surface area (TPSA) is 105 Å². The van der Waals surface area contributed by atoms with Gasteiger partial charge in [-0.1, -0.05) is 6.07 Å². The van der Waals surface area contributed by atoms with Gasteiger partial charge in [0.25, 0.3) is 0 Å². The maximum Gasteiger partial charge on any atom is 0.338 e. The number of carbonyl (C=O) groups excluding carboxylic acids is 2. The molecule has 174 valence electrons. The molecule has 1 aromatic carbocycles. The van der Waals surface area contributed by atoms with E-state index in [0.717, 1.165) is 49.0 Å². The van der Waals surface area contributed by atoms with Crippen LogP contribution >= 0.6 is 0 Å². The number of aliphatic hydroxyl groups excluding tert-OH is 1. The molecule has 9 nitrogen and oxygen atoms in total. The minimum Gasteiger partial charge on any atom is -0.480 e. The highest BCUT2D eigenvalue weighted by Gasteiger charge is 2.49. The van der Waals surface area contributed by atoms with E-state index in [1.165, 1.54) is 7.11 Å². The molecule has 33 heavy (non-hydrogen) atoms. The van der Waals surface area contributed by atoms with Crippen molar-refractivity contribution in [3.05, 3.63) is 46.5 Å². The molecular formula is C24H28N4O5. The summed E-state index contributed by atoms with van der Waals surface area (Å²) in [6.07, 6.45) is 1.65. The van der Waals surface area contributed by atoms with Gasteiger partial charge < -0.3 is 19.5 Å². The van der Waals surface area contributed by atoms with Crippen LogP contribution in [0.2, 0.25) is 0 Å². The van der Waals surface area contributed by atoms with Gasteiger partial charge in [-0.3, -0.25) is 9.69 Å². The van der Waals surface area contributed by atoms with Gasteiger partial charge in [-0.2, -0.15) is 0 Å². The molecule has 1 N–H and O–H groups in total. The molecule has 1 atom stereocenters. The highest BCUT2D eigenvalue weighted by atomic mass is 16.5. The molecular weight excluding hydrogens is 424 g/mol. The van der Waals surface area contributed by atoms with Crippen LogP contribution in [0.15, 0.2) is 24.3 Å². The Balaban J connectivity index is 1.21. The van der Waals surface area contributed by atoms with Crippen molar-refractivity contribution in [3.63, 3.8) is 0 Å². The molecule has 3 aliphatic heterocycles. The Kier molecular flexibility index (Phi) is 5.54. The quantitative estimate of drug-likeness (QED) is 0.687. The average molecular weight is 453 g/mol. The van der Waals surface area contributed by atoms with Gasteiger partial charge in [0.2, 0.25) is 11.8 Å². The largest absolute Gasteiger partial charge is 0.480 e. The van der Waals surface area contributed by atoms with Crippen molar-refractivity contribution >= 4 is 17.7 Å². The highest BCUT2D eigenvalue weighted by Crippen LogP contribution is 2.43. The van der Waals surface area contributed by atoms with Crippen molar-refractivity contribution in [2.75, 3.05) is 38.2 Å². The molecule has 0 bridgehead atoms. The molecule has 4 heterocycles. The van der Waals surface area contributed by atoms with Crippen molar-refractivity contribution in [1.29, 1.82) is 0 Å². The van der Waals surface area contributed by atoms with Crippen LogP contribution in [-0.4, -0.2) is 65.4 Å². The summed E-state index contributed by atoms with van der Waals surface area (Å²) in [6.45, 7) is 4.82. The van der Waals surface area contributed by atoms with Gasteiger partial charge in [0.1, 0.15) is 6.61 Å². The van der Waals surface area contributed by atoms with Crippen LogP contribution in [0.1, 0.15) is 52.4 Å². The zero-order valence-electron chi connectivity index (χ0n) is 18.9. The number of aliphatic hydroxyl groups is 1. The molecule has 2 aromatic rings. The first-order chi connectivity index (χ1) is 15.9. The van der Waals surface area contributed by atoms with Gasteiger partial charge in [0, 0.05) is 24.7 Å². The third kappa shape index (κ3) is 3.75. The number of likely N-dealkylation sites (tertiary alicyclic amines) is 1. The van der Waals surface area contributed by atoms with Gasteiger partial charge in [0.05, 0.1) is 24.2 Å². The van der Waals surface area contributed by atoms with E-state index in [1.54, 1.807) is 23.1 Å². The Morgan fingerprint density at radius 1 is 1.12 bits per heavy atom. The average Bonchev–Trinajstić information content (AvgIpc) is 3.36. The summed E-state index contributed by atoms with van der Waals surface area (Å²) in [4.78, 5) is 29.0. The molecule has 0 aliphatic carbocycles. The van der Waals surface area contributed by atoms with Gasteiger partial charge in [0.15, 0.2) is 5.82 Å². The molecule has 5 rings (SSSR count). The van der Waals surface area contributed by atoms with Gasteiger partial charge in [-0.25, -0.2) is 4.79 Å². The third-order valence-corrected chi connectivity index (χ3v) is 7.44. The number of amides is 1. The van der Waals surface area contributed by atoms with Crippen LogP contribution in [-0.2, 0) is 16.1 Å². The summed E-state index contributed by atoms with van der Waals surface area (Å²) in [5, 5.41) is 19.1. The Bertz CT molecular complexity index is 1080. The molecule has 2 fully saturated rings. The van der Waals surface area contributed by atoms with E-state index in [4.69, 9.17) is 9.47 Å². The van der Waals surface area contributed by atoms with Crippen LogP contribution in [0, 0.1) is 12.3 Å². The summed E-state index contributed by atoms with van der Waals surface area (Å²) in [5.41, 5.74) is 2.83. The first-order valence-corrected chi connectivity index (χ1v) is 11.3. The lowest BCUT2D eigenvalue weighted by Gasteiger charge is -2.38. The number of rotatable bonds is 5. The summed E-state index contributed by atoms with van der Waals surface area (Å²) in [7, 11) is 1.53. The van der Waals surface area contributed by atoms with Crippen LogP contribution in [0.4, 0.5) is 5.82 Å². The summed E-state index contributed by atoms with van der Waals surface area (Å²) >= 11 is 0. The summed E-state index contributed by atoms with van der Waals surface area (Å²) in [5.74, 6) is 0.794. The molecule has 9 heteroatoms. The molecule has 1 aromatic heterocycles. The second kappa shape index (κ2) is 8.39. The lowest BCUT2D eigenvalue weighted by molar-refractivity contribution is -0.128. The number of fused-ring (bicyclic) bond motifs is 1. The van der Waals surface area contributed by atoms with Crippen LogP contribution in [0.25, 0.3) is 0 Å². The number of hydrogen-bond donors (Lipinski definition) is 1. The zero-order valence-corrected chi connectivity index (χ0v) is 18.9. The summed E-state index contributed by atoms with van der Waals surface area (Å²) < 4.78 is 10.2. The Morgan fingerprint density at radius 3 is 2.58 bits per heavy atom. The number of cyclic esters (lactones) is 1. The molecule has 3 aliphatic rings. The number of ether oxygens (including phenoxy) is 2. The van der Waals surface area contributed by atoms with E-state index < -0.39 is 6.10 Å². The lowest BCUT2D eigenvalue weighted by Crippen LogP contribution is -2.45. The van der Waals surface area contributed by atoms with Crippen molar-refractivity contribution in [2.24, 2.45) is 5.41 Å². The smallest absolute Gasteiger partial charge is 0.338 e. The SMILES string of the molecule is COc1ccc(N2CCC3(CCN(CC(O)c4ccc5c(c4C)COC5=O)CC3)C2=O)nn1. The maximum absolute atomic E-state index is 13.3. The Labute approximate surface area is 192 Å². The monoisotopic (exact) mass is 452 g/mol. The number of methoxy groups -OCH3 is 1. The van der Waals surface area contributed by atoms with E-state index in [2.05, 4.69) is 15.1 Å². The first kappa shape index (κ1) is 21.8. The predicted molar refractivity (Wildman–Crippen MR) is 119 cm³/mol. The van der Waals surface area contributed by atoms with Crippen LogP contribution in [0.3, 0.4) is 0 Å². The van der Waals surface area contributed by atoms with E-state index >= 15 is 0 Å². The van der Waals surface area contributed by atoms with E-state index in [0.29, 0.717) is 30.4 Å². The van der Waals surface area contributed by atoms with Crippen molar-refractivity contribution in [2.45, 2.75) is 38.9 Å². The third-order valence-electron chi connectivity index (χ3n) is 7.44. The van der Waals surface area contributed by atoms with Crippen molar-refractivity contribution < 1.29 is 24.2 Å². The normalized spacial score (nSPS) is 20.8. The molecule has 1 spiro atoms. The van der Waals surface area contributed by atoms with Crippen molar-refractivity contribution in [3.8, 4) is 5.88 Å². The van der Waals surface area contributed by atoms with E-state index in [9.17, 15) is 14.7 Å². The second-order valence-corrected chi connectivity index (χ2v) is 9.12. The first-order valence-electron chi connectivity index (χ1n) is 11.3. The number of nitrogens with zero attached hydrogens (tertiary/aromatic N) is 4. The molecule has 2 saturated heterocycles. The van der Waals surface area contributed by atoms with E-state index in [-0.39, 0.29) is 23.9 Å². The van der Waals surface area contributed by atoms with E-state index in [1.807, 2.05) is 13.0 Å². The minimum absolute atomic E-state index is 0.112. The number of aromatic nitrogens is 2. The second-order valence-electron chi connectivity index (χ2n) is 9.12. The number of carbonyl (C=O) groups is 2. The Hall–Kier alpha value is -3.04. The molecule has 0 saturated carbocycles. The number of β-amino-alcohol motifs (C(OH)–C–C–N with tert-alkyl or cyclic N) is 1. The number of esters is 1.